The van der Waals surface area contributed by atoms with E-state index in [-0.39, 0.29) is 10.8 Å². The molecule has 7 heterocycles. The van der Waals surface area contributed by atoms with E-state index in [4.69, 9.17) is 19.4 Å². The van der Waals surface area contributed by atoms with Crippen molar-refractivity contribution >= 4 is 150 Å². The van der Waals surface area contributed by atoms with Crippen molar-refractivity contribution in [3.8, 4) is 101 Å². The number of benzene rings is 17. The lowest BCUT2D eigenvalue weighted by atomic mass is 9.74. The van der Waals surface area contributed by atoms with Crippen molar-refractivity contribution in [2.45, 2.75) is 51.4 Å². The van der Waals surface area contributed by atoms with Crippen LogP contribution in [0.4, 0.5) is 0 Å². The van der Waals surface area contributed by atoms with Crippen molar-refractivity contribution in [3.05, 3.63) is 411 Å². The predicted octanol–water partition coefficient (Wildman–Crippen LogP) is 33.3. The second-order valence-electron chi connectivity index (χ2n) is 33.9. The zero-order chi connectivity index (χ0) is 83.2. The van der Waals surface area contributed by atoms with Crippen molar-refractivity contribution in [1.82, 2.24) is 19.9 Å². The topological polar surface area (TPSA) is 64.7 Å². The lowest BCUT2D eigenvalue weighted by Gasteiger charge is -2.29. The van der Waals surface area contributed by atoms with Gasteiger partial charge in [0.05, 0.1) is 44.9 Å². The van der Waals surface area contributed by atoms with Crippen LogP contribution in [0.1, 0.15) is 62.8 Å². The first-order valence-electron chi connectivity index (χ1n) is 43.3. The van der Waals surface area contributed by atoms with Crippen LogP contribution in [0, 0.1) is 0 Å². The number of thiophene rings is 2. The third-order valence-electron chi connectivity index (χ3n) is 26.9. The minimum atomic E-state index is -0.0733. The molecule has 7 aromatic heterocycles. The van der Waals surface area contributed by atoms with Crippen LogP contribution in [0.5, 0.6) is 0 Å². The summed E-state index contributed by atoms with van der Waals surface area (Å²) in [6.07, 6.45) is 4.03. The van der Waals surface area contributed by atoms with E-state index in [0.717, 1.165) is 107 Å². The zero-order valence-corrected chi connectivity index (χ0v) is 71.0. The fourth-order valence-electron chi connectivity index (χ4n) is 20.7. The summed E-state index contributed by atoms with van der Waals surface area (Å²) in [5, 5.41) is 19.5. The van der Waals surface area contributed by atoms with Gasteiger partial charge in [-0.25, -0.2) is 15.0 Å². The molecule has 2 aliphatic carbocycles. The molecule has 7 heteroatoms. The van der Waals surface area contributed by atoms with Crippen molar-refractivity contribution in [2.24, 2.45) is 0 Å². The normalized spacial score (nSPS) is 13.0. The molecule has 0 saturated carbocycles. The number of nitrogens with zero attached hydrogens (tertiary/aromatic N) is 4. The molecule has 0 saturated heterocycles. The number of hydrogen-bond acceptors (Lipinski definition) is 7. The van der Waals surface area contributed by atoms with Crippen molar-refractivity contribution in [3.63, 3.8) is 0 Å². The Labute approximate surface area is 731 Å². The van der Waals surface area contributed by atoms with Crippen LogP contribution in [0.3, 0.4) is 0 Å². The molecule has 0 fully saturated rings. The molecule has 24 aromatic rings. The van der Waals surface area contributed by atoms with Crippen LogP contribution in [-0.4, -0.2) is 19.9 Å². The molecule has 0 spiro atoms. The number of fused-ring (bicyclic) bond motifs is 27. The van der Waals surface area contributed by atoms with Gasteiger partial charge in [0, 0.05) is 112 Å². The summed E-state index contributed by atoms with van der Waals surface area (Å²) < 4.78 is 11.8. The molecule has 17 aromatic carbocycles. The highest BCUT2D eigenvalue weighted by Gasteiger charge is 2.41. The van der Waals surface area contributed by atoms with Crippen LogP contribution in [-0.2, 0) is 10.8 Å². The lowest BCUT2D eigenvalue weighted by molar-refractivity contribution is 0.490. The predicted molar refractivity (Wildman–Crippen MR) is 531 cm³/mol. The lowest BCUT2D eigenvalue weighted by Crippen LogP contribution is -2.22. The molecular formula is C118H80N4OS2. The second-order valence-corrected chi connectivity index (χ2v) is 36.0. The third kappa shape index (κ3) is 11.9. The molecule has 0 unspecified atom stereocenters. The van der Waals surface area contributed by atoms with Crippen LogP contribution in [0.25, 0.3) is 228 Å². The SMILES string of the molecule is CC1(C)c2ccccc2-c2ccc(-c3cc(-c4ccccc4)c4ccc5oc6c7ccccc7ccc6c5c4n3)cc21.CCC1(CC)c2ccccc2-c2cc(-c3cc(-c4ccccc4)c4ccc5sc6c7ccccc7ccc6c5c4n3)ccc21.c1ccc(-c2nc(-c3cccc(-c4ccccn4)c3)cc3c2ccc2sc4c5ccccc5ccc4c23)cc1. The quantitative estimate of drug-likeness (QED) is 0.144. The average molecular weight is 1630 g/mol. The Morgan fingerprint density at radius 3 is 1.39 bits per heavy atom. The Hall–Kier alpha value is -14.9. The van der Waals surface area contributed by atoms with Gasteiger partial charge in [-0.3, -0.25) is 4.98 Å². The molecule has 2 aliphatic rings. The van der Waals surface area contributed by atoms with Gasteiger partial charge in [0.15, 0.2) is 0 Å². The molecule has 590 valence electrons. The van der Waals surface area contributed by atoms with Crippen molar-refractivity contribution < 1.29 is 4.42 Å². The smallest absolute Gasteiger partial charge is 0.143 e. The maximum Gasteiger partial charge on any atom is 0.143 e. The van der Waals surface area contributed by atoms with E-state index in [9.17, 15) is 0 Å². The van der Waals surface area contributed by atoms with E-state index < -0.39 is 0 Å². The number of pyridine rings is 4. The Balaban J connectivity index is 0.000000105. The molecular weight excluding hydrogens is 1550 g/mol. The van der Waals surface area contributed by atoms with E-state index in [1.165, 1.54) is 156 Å². The largest absolute Gasteiger partial charge is 0.455 e. The fourth-order valence-corrected chi connectivity index (χ4v) is 23.2. The number of rotatable bonds is 9. The highest BCUT2D eigenvalue weighted by atomic mass is 32.1. The van der Waals surface area contributed by atoms with Gasteiger partial charge in [0.2, 0.25) is 0 Å². The summed E-state index contributed by atoms with van der Waals surface area (Å²) >= 11 is 3.76. The van der Waals surface area contributed by atoms with E-state index >= 15 is 0 Å². The monoisotopic (exact) mass is 1630 g/mol. The van der Waals surface area contributed by atoms with Gasteiger partial charge in [-0.1, -0.05) is 331 Å². The van der Waals surface area contributed by atoms with E-state index in [1.54, 1.807) is 0 Å². The minimum Gasteiger partial charge on any atom is -0.455 e. The maximum absolute atomic E-state index is 6.55. The first-order valence-corrected chi connectivity index (χ1v) is 45.0. The fraction of sp³-hybridized carbons (Fsp3) is 0.0678. The second kappa shape index (κ2) is 29.5. The molecule has 26 rings (SSSR count). The van der Waals surface area contributed by atoms with Gasteiger partial charge in [-0.15, -0.1) is 22.7 Å². The first-order chi connectivity index (χ1) is 61.6. The first kappa shape index (κ1) is 74.0. The van der Waals surface area contributed by atoms with Gasteiger partial charge in [-0.2, -0.15) is 0 Å². The molecule has 125 heavy (non-hydrogen) atoms. The van der Waals surface area contributed by atoms with Crippen LogP contribution in [0.15, 0.2) is 393 Å². The van der Waals surface area contributed by atoms with Gasteiger partial charge >= 0.3 is 0 Å². The standard InChI is InChI=1S/C42H31NS.C40H27NO.C36H22N2S/c1-3-42(4-2)35-17-11-10-16-30(35)34-24-28(19-22-36(34)42)37-25-33(26-12-6-5-7-13-26)31-21-23-38-39(40(31)43-37)32-20-18-27-14-8-9-15-29(27)41(32)44-38;1-40(2)33-15-9-8-14-28(33)29-18-17-26(22-34(29)40)35-23-32(24-10-4-3-5-11-24)30-20-21-36-37(38(30)41-35)31-19-16-25-12-6-7-13-27(25)39(31)42-36;1-2-10-24(11-3-1)35-28-18-19-33-34(29-17-16-23-9-4-5-14-27(23)36(29)39-33)30(28)22-32(38-35)26-13-8-12-25(21-26)31-15-6-7-20-37-31/h5-25H,3-4H2,1-2H3;3-23H,1-2H3;1-22H. The summed E-state index contributed by atoms with van der Waals surface area (Å²) in [6, 6.07) is 138. The van der Waals surface area contributed by atoms with Gasteiger partial charge in [0.1, 0.15) is 11.2 Å². The van der Waals surface area contributed by atoms with Crippen molar-refractivity contribution in [2.75, 3.05) is 0 Å². The molecule has 0 amide bonds. The summed E-state index contributed by atoms with van der Waals surface area (Å²) in [5.41, 5.74) is 30.2. The molecule has 0 aliphatic heterocycles. The van der Waals surface area contributed by atoms with Crippen LogP contribution in [0.2, 0.25) is 0 Å². The average Bonchev–Trinajstić information content (AvgIpc) is 1.58. The Bertz CT molecular complexity index is 8540. The molecule has 0 atom stereocenters. The maximum atomic E-state index is 6.55. The molecule has 0 radical (unpaired) electrons. The highest BCUT2D eigenvalue weighted by molar-refractivity contribution is 7.27. The molecule has 5 nitrogen and oxygen atoms in total. The Morgan fingerprint density at radius 1 is 0.272 bits per heavy atom. The zero-order valence-electron chi connectivity index (χ0n) is 69.4. The summed E-state index contributed by atoms with van der Waals surface area (Å²) in [5.74, 6) is 0. The summed E-state index contributed by atoms with van der Waals surface area (Å²) in [6.45, 7) is 9.33. The minimum absolute atomic E-state index is 0.0704. The highest BCUT2D eigenvalue weighted by Crippen LogP contribution is 2.56. The van der Waals surface area contributed by atoms with E-state index in [1.807, 2.05) is 47.1 Å². The number of furan rings is 1. The number of aromatic nitrogens is 4. The van der Waals surface area contributed by atoms with Crippen molar-refractivity contribution in [1.29, 1.82) is 0 Å². The van der Waals surface area contributed by atoms with E-state index in [0.29, 0.717) is 0 Å². The van der Waals surface area contributed by atoms with Gasteiger partial charge in [0.25, 0.3) is 0 Å². The van der Waals surface area contributed by atoms with E-state index in [2.05, 4.69) is 397 Å². The molecule has 0 N–H and O–H groups in total. The Morgan fingerprint density at radius 2 is 0.744 bits per heavy atom. The number of hydrogen-bond donors (Lipinski definition) is 0. The summed E-state index contributed by atoms with van der Waals surface area (Å²) in [4.78, 5) is 20.8. The summed E-state index contributed by atoms with van der Waals surface area (Å²) in [7, 11) is 0. The van der Waals surface area contributed by atoms with Gasteiger partial charge < -0.3 is 4.42 Å². The Kier molecular flexibility index (Phi) is 17.4. The van der Waals surface area contributed by atoms with Crippen LogP contribution < -0.4 is 0 Å². The third-order valence-corrected chi connectivity index (χ3v) is 29.3. The van der Waals surface area contributed by atoms with Gasteiger partial charge in [-0.05, 0) is 191 Å². The molecule has 0 bridgehead atoms. The van der Waals surface area contributed by atoms with Crippen LogP contribution >= 0.6 is 22.7 Å².